The summed E-state index contributed by atoms with van der Waals surface area (Å²) in [5.41, 5.74) is 0.368. The van der Waals surface area contributed by atoms with Gasteiger partial charge in [-0.25, -0.2) is 0 Å². The lowest BCUT2D eigenvalue weighted by Crippen LogP contribution is -2.48. The molecule has 6 heteroatoms. The van der Waals surface area contributed by atoms with Gasteiger partial charge < -0.3 is 19.9 Å². The average Bonchev–Trinajstić information content (AvgIpc) is 2.21. The van der Waals surface area contributed by atoms with Gasteiger partial charge in [0.1, 0.15) is 0 Å². The number of ether oxygens (including phenoxy) is 1. The van der Waals surface area contributed by atoms with Crippen molar-refractivity contribution >= 4 is 11.6 Å². The number of nitrogens with one attached hydrogen (secondary N) is 2. The first-order valence-corrected chi connectivity index (χ1v) is 5.43. The fourth-order valence-electron chi connectivity index (χ4n) is 1.42. The first-order chi connectivity index (χ1) is 8.15. The Bertz CT molecular complexity index is 465. The van der Waals surface area contributed by atoms with Crippen molar-refractivity contribution in [1.82, 2.24) is 9.88 Å². The molecule has 1 aliphatic heterocycles. The standard InChI is InChI=1S/C11H15N3O3/c1-14-3-2-8(4-11(14)16)13-10(15)5-12-9-6-17-7-9/h2-4,9,12H,5-7H2,1H3,(H,13,15). The minimum absolute atomic E-state index is 0.150. The van der Waals surface area contributed by atoms with E-state index in [2.05, 4.69) is 10.6 Å². The number of aryl methyl sites for hydroxylation is 1. The summed E-state index contributed by atoms with van der Waals surface area (Å²) in [6.45, 7) is 1.53. The number of rotatable bonds is 4. The second kappa shape index (κ2) is 5.11. The van der Waals surface area contributed by atoms with Gasteiger partial charge in [0.05, 0.1) is 25.8 Å². The normalized spacial score (nSPS) is 15.4. The van der Waals surface area contributed by atoms with Gasteiger partial charge in [0.25, 0.3) is 5.56 Å². The highest BCUT2D eigenvalue weighted by atomic mass is 16.5. The van der Waals surface area contributed by atoms with Crippen LogP contribution in [0.25, 0.3) is 0 Å². The highest BCUT2D eigenvalue weighted by Gasteiger charge is 2.18. The summed E-state index contributed by atoms with van der Waals surface area (Å²) in [4.78, 5) is 22.9. The van der Waals surface area contributed by atoms with Crippen molar-refractivity contribution in [1.29, 1.82) is 0 Å². The number of aromatic nitrogens is 1. The highest BCUT2D eigenvalue weighted by Crippen LogP contribution is 2.02. The zero-order valence-electron chi connectivity index (χ0n) is 9.60. The van der Waals surface area contributed by atoms with Gasteiger partial charge in [-0.1, -0.05) is 0 Å². The van der Waals surface area contributed by atoms with Crippen LogP contribution >= 0.6 is 0 Å². The molecule has 0 radical (unpaired) electrons. The zero-order chi connectivity index (χ0) is 12.3. The second-order valence-electron chi connectivity index (χ2n) is 4.03. The molecular formula is C11H15N3O3. The molecule has 0 bridgehead atoms. The smallest absolute Gasteiger partial charge is 0.252 e. The number of carbonyl (C=O) groups excluding carboxylic acids is 1. The monoisotopic (exact) mass is 237 g/mol. The minimum atomic E-state index is -0.162. The Kier molecular flexibility index (Phi) is 3.55. The molecule has 0 atom stereocenters. The maximum Gasteiger partial charge on any atom is 0.252 e. The molecule has 1 amide bonds. The summed E-state index contributed by atoms with van der Waals surface area (Å²) < 4.78 is 6.42. The van der Waals surface area contributed by atoms with Crippen LogP contribution in [-0.4, -0.2) is 36.3 Å². The van der Waals surface area contributed by atoms with E-state index in [1.54, 1.807) is 19.3 Å². The summed E-state index contributed by atoms with van der Waals surface area (Å²) in [5, 5.41) is 5.70. The Labute approximate surface area is 98.6 Å². The van der Waals surface area contributed by atoms with Gasteiger partial charge in [0, 0.05) is 25.0 Å². The van der Waals surface area contributed by atoms with Crippen molar-refractivity contribution in [3.05, 3.63) is 28.7 Å². The number of hydrogen-bond acceptors (Lipinski definition) is 4. The van der Waals surface area contributed by atoms with Crippen LogP contribution in [0.15, 0.2) is 23.1 Å². The Morgan fingerprint density at radius 2 is 2.35 bits per heavy atom. The van der Waals surface area contributed by atoms with Crippen LogP contribution in [0, 0.1) is 0 Å². The predicted octanol–water partition coefficient (Wildman–Crippen LogP) is -0.688. The van der Waals surface area contributed by atoms with Gasteiger partial charge in [0.15, 0.2) is 0 Å². The molecule has 0 unspecified atom stereocenters. The van der Waals surface area contributed by atoms with Gasteiger partial charge >= 0.3 is 0 Å². The number of hydrogen-bond donors (Lipinski definition) is 2. The van der Waals surface area contributed by atoms with Crippen LogP contribution in [0.1, 0.15) is 0 Å². The van der Waals surface area contributed by atoms with Gasteiger partial charge in [-0.15, -0.1) is 0 Å². The van der Waals surface area contributed by atoms with Crippen LogP contribution in [0.2, 0.25) is 0 Å². The molecular weight excluding hydrogens is 222 g/mol. The van der Waals surface area contributed by atoms with E-state index in [4.69, 9.17) is 4.74 Å². The zero-order valence-corrected chi connectivity index (χ0v) is 9.60. The lowest BCUT2D eigenvalue weighted by atomic mass is 10.2. The number of amides is 1. The maximum absolute atomic E-state index is 11.5. The molecule has 0 spiro atoms. The van der Waals surface area contributed by atoms with Crippen LogP contribution in [0.3, 0.4) is 0 Å². The average molecular weight is 237 g/mol. The molecule has 1 aromatic rings. The topological polar surface area (TPSA) is 72.4 Å². The summed E-state index contributed by atoms with van der Waals surface area (Å²) in [7, 11) is 1.66. The van der Waals surface area contributed by atoms with Crippen molar-refractivity contribution < 1.29 is 9.53 Å². The second-order valence-corrected chi connectivity index (χ2v) is 4.03. The Balaban J connectivity index is 1.84. The summed E-state index contributed by atoms with van der Waals surface area (Å²) in [6, 6.07) is 3.35. The van der Waals surface area contributed by atoms with E-state index in [0.29, 0.717) is 18.9 Å². The summed E-state index contributed by atoms with van der Waals surface area (Å²) in [5.74, 6) is -0.162. The molecule has 1 aromatic heterocycles. The Morgan fingerprint density at radius 1 is 1.59 bits per heavy atom. The molecule has 2 N–H and O–H groups in total. The van der Waals surface area contributed by atoms with Crippen molar-refractivity contribution in [3.63, 3.8) is 0 Å². The fraction of sp³-hybridized carbons (Fsp3) is 0.455. The number of anilines is 1. The number of carbonyl (C=O) groups is 1. The highest BCUT2D eigenvalue weighted by molar-refractivity contribution is 5.92. The SMILES string of the molecule is Cn1ccc(NC(=O)CNC2COC2)cc1=O. The van der Waals surface area contributed by atoms with E-state index in [1.165, 1.54) is 10.6 Å². The van der Waals surface area contributed by atoms with Crippen molar-refractivity contribution in [2.24, 2.45) is 7.05 Å². The number of pyridine rings is 1. The molecule has 17 heavy (non-hydrogen) atoms. The van der Waals surface area contributed by atoms with Crippen LogP contribution in [0.4, 0.5) is 5.69 Å². The first-order valence-electron chi connectivity index (χ1n) is 5.43. The molecule has 2 rings (SSSR count). The fourth-order valence-corrected chi connectivity index (χ4v) is 1.42. The summed E-state index contributed by atoms with van der Waals surface area (Å²) >= 11 is 0. The van der Waals surface area contributed by atoms with E-state index < -0.39 is 0 Å². The summed E-state index contributed by atoms with van der Waals surface area (Å²) in [6.07, 6.45) is 1.62. The molecule has 0 saturated carbocycles. The van der Waals surface area contributed by atoms with Crippen molar-refractivity contribution in [2.45, 2.75) is 6.04 Å². The van der Waals surface area contributed by atoms with E-state index in [-0.39, 0.29) is 24.1 Å². The van der Waals surface area contributed by atoms with Crippen LogP contribution < -0.4 is 16.2 Å². The van der Waals surface area contributed by atoms with Crippen LogP contribution in [-0.2, 0) is 16.6 Å². The molecule has 0 aromatic carbocycles. The quantitative estimate of drug-likeness (QED) is 0.727. The van der Waals surface area contributed by atoms with Gasteiger partial charge in [-0.05, 0) is 6.07 Å². The third-order valence-electron chi connectivity index (χ3n) is 2.58. The molecule has 6 nitrogen and oxygen atoms in total. The molecule has 1 saturated heterocycles. The lowest BCUT2D eigenvalue weighted by molar-refractivity contribution is -0.116. The van der Waals surface area contributed by atoms with E-state index in [0.717, 1.165) is 0 Å². The van der Waals surface area contributed by atoms with Crippen LogP contribution in [0.5, 0.6) is 0 Å². The predicted molar refractivity (Wildman–Crippen MR) is 62.9 cm³/mol. The van der Waals surface area contributed by atoms with E-state index >= 15 is 0 Å². The first kappa shape index (κ1) is 11.8. The number of nitrogens with zero attached hydrogens (tertiary/aromatic N) is 1. The molecule has 1 fully saturated rings. The van der Waals surface area contributed by atoms with E-state index in [9.17, 15) is 9.59 Å². The van der Waals surface area contributed by atoms with Gasteiger partial charge in [-0.3, -0.25) is 9.59 Å². The van der Waals surface area contributed by atoms with E-state index in [1.807, 2.05) is 0 Å². The molecule has 0 aliphatic carbocycles. The Hall–Kier alpha value is -1.66. The van der Waals surface area contributed by atoms with Crippen molar-refractivity contribution in [2.75, 3.05) is 25.1 Å². The van der Waals surface area contributed by atoms with Gasteiger partial charge in [-0.2, -0.15) is 0 Å². The largest absolute Gasteiger partial charge is 0.378 e. The van der Waals surface area contributed by atoms with Crippen molar-refractivity contribution in [3.8, 4) is 0 Å². The minimum Gasteiger partial charge on any atom is -0.378 e. The van der Waals surface area contributed by atoms with Gasteiger partial charge in [0.2, 0.25) is 5.91 Å². The molecule has 2 heterocycles. The molecule has 1 aliphatic rings. The lowest BCUT2D eigenvalue weighted by Gasteiger charge is -2.26. The third kappa shape index (κ3) is 3.15. The Morgan fingerprint density at radius 3 is 2.94 bits per heavy atom. The molecule has 92 valence electrons. The maximum atomic E-state index is 11.5. The third-order valence-corrected chi connectivity index (χ3v) is 2.58.